The van der Waals surface area contributed by atoms with Gasteiger partial charge in [0.1, 0.15) is 5.82 Å². The van der Waals surface area contributed by atoms with Crippen LogP contribution in [0.3, 0.4) is 0 Å². The number of nitrogens with zero attached hydrogens (tertiary/aromatic N) is 3. The molecule has 2 amide bonds. The molecule has 0 saturated carbocycles. The zero-order valence-electron chi connectivity index (χ0n) is 13.1. The van der Waals surface area contributed by atoms with Crippen molar-refractivity contribution < 1.29 is 9.18 Å². The number of amides is 2. The maximum Gasteiger partial charge on any atom is 0.325 e. The van der Waals surface area contributed by atoms with E-state index in [0.717, 1.165) is 24.5 Å². The van der Waals surface area contributed by atoms with Crippen LogP contribution in [0, 0.1) is 5.82 Å². The van der Waals surface area contributed by atoms with Crippen molar-refractivity contribution in [2.24, 2.45) is 0 Å². The van der Waals surface area contributed by atoms with E-state index in [4.69, 9.17) is 11.6 Å². The minimum absolute atomic E-state index is 0.0508. The van der Waals surface area contributed by atoms with Crippen LogP contribution in [-0.2, 0) is 0 Å². The second-order valence-corrected chi connectivity index (χ2v) is 7.00. The normalized spacial score (nSPS) is 17.6. The Morgan fingerprint density at radius 2 is 2.21 bits per heavy atom. The van der Waals surface area contributed by atoms with E-state index in [0.29, 0.717) is 16.9 Å². The lowest BCUT2D eigenvalue weighted by molar-refractivity contribution is 0.262. The third kappa shape index (κ3) is 3.93. The van der Waals surface area contributed by atoms with Crippen LogP contribution in [0.5, 0.6) is 0 Å². The van der Waals surface area contributed by atoms with Crippen molar-refractivity contribution in [3.8, 4) is 0 Å². The summed E-state index contributed by atoms with van der Waals surface area (Å²) in [6.07, 6.45) is 3.50. The second kappa shape index (κ2) is 7.31. The SMILES string of the molecule is C[C@H]1CCCCN1c1nnc(NC(=O)Nc2ccc(F)c(Cl)c2)s1. The molecule has 6 nitrogen and oxygen atoms in total. The molecule has 24 heavy (non-hydrogen) atoms. The van der Waals surface area contributed by atoms with Crippen molar-refractivity contribution in [2.75, 3.05) is 22.1 Å². The zero-order valence-corrected chi connectivity index (χ0v) is 14.6. The number of hydrogen-bond acceptors (Lipinski definition) is 5. The van der Waals surface area contributed by atoms with Crippen LogP contribution in [0.1, 0.15) is 26.2 Å². The van der Waals surface area contributed by atoms with E-state index in [1.807, 2.05) is 0 Å². The fourth-order valence-corrected chi connectivity index (χ4v) is 3.65. The van der Waals surface area contributed by atoms with Crippen molar-refractivity contribution in [3.05, 3.63) is 29.0 Å². The molecule has 0 aliphatic carbocycles. The first kappa shape index (κ1) is 16.9. The summed E-state index contributed by atoms with van der Waals surface area (Å²) < 4.78 is 13.1. The van der Waals surface area contributed by atoms with Crippen LogP contribution in [0.15, 0.2) is 18.2 Å². The Kier molecular flexibility index (Phi) is 5.15. The van der Waals surface area contributed by atoms with E-state index in [1.165, 1.54) is 36.0 Å². The van der Waals surface area contributed by atoms with Gasteiger partial charge in [-0.1, -0.05) is 22.9 Å². The fraction of sp³-hybridized carbons (Fsp3) is 0.400. The van der Waals surface area contributed by atoms with E-state index >= 15 is 0 Å². The Morgan fingerprint density at radius 3 is 2.96 bits per heavy atom. The highest BCUT2D eigenvalue weighted by atomic mass is 35.5. The summed E-state index contributed by atoms with van der Waals surface area (Å²) in [7, 11) is 0. The number of urea groups is 1. The van der Waals surface area contributed by atoms with Gasteiger partial charge in [0.25, 0.3) is 0 Å². The van der Waals surface area contributed by atoms with Gasteiger partial charge >= 0.3 is 6.03 Å². The van der Waals surface area contributed by atoms with Gasteiger partial charge in [-0.2, -0.15) is 0 Å². The summed E-state index contributed by atoms with van der Waals surface area (Å²) >= 11 is 7.02. The Balaban J connectivity index is 1.61. The molecule has 1 aromatic carbocycles. The molecule has 0 bridgehead atoms. The molecule has 1 aliphatic heterocycles. The van der Waals surface area contributed by atoms with Gasteiger partial charge < -0.3 is 10.2 Å². The lowest BCUT2D eigenvalue weighted by Crippen LogP contribution is -2.37. The van der Waals surface area contributed by atoms with Crippen molar-refractivity contribution >= 4 is 44.9 Å². The third-order valence-corrected chi connectivity index (χ3v) is 5.03. The largest absolute Gasteiger partial charge is 0.344 e. The average Bonchev–Trinajstić information content (AvgIpc) is 2.99. The number of rotatable bonds is 3. The van der Waals surface area contributed by atoms with Crippen molar-refractivity contribution in [2.45, 2.75) is 32.2 Å². The minimum Gasteiger partial charge on any atom is -0.344 e. The van der Waals surface area contributed by atoms with Crippen LogP contribution in [0.2, 0.25) is 5.02 Å². The predicted molar refractivity (Wildman–Crippen MR) is 94.6 cm³/mol. The van der Waals surface area contributed by atoms with Crippen LogP contribution >= 0.6 is 22.9 Å². The molecule has 1 fully saturated rings. The molecule has 2 N–H and O–H groups in total. The highest BCUT2D eigenvalue weighted by Gasteiger charge is 2.22. The molecule has 9 heteroatoms. The van der Waals surface area contributed by atoms with Crippen molar-refractivity contribution in [3.63, 3.8) is 0 Å². The first-order valence-electron chi connectivity index (χ1n) is 7.66. The number of aromatic nitrogens is 2. The maximum atomic E-state index is 13.1. The van der Waals surface area contributed by atoms with Crippen molar-refractivity contribution in [1.82, 2.24) is 10.2 Å². The number of carbonyl (C=O) groups excluding carboxylic acids is 1. The number of hydrogen-bond donors (Lipinski definition) is 2. The Bertz CT molecular complexity index is 740. The highest BCUT2D eigenvalue weighted by Crippen LogP contribution is 2.29. The molecule has 3 rings (SSSR count). The molecule has 2 heterocycles. The lowest BCUT2D eigenvalue weighted by atomic mass is 10.1. The summed E-state index contributed by atoms with van der Waals surface area (Å²) in [6, 6.07) is 3.92. The van der Waals surface area contributed by atoms with Crippen LogP contribution in [-0.4, -0.2) is 28.8 Å². The van der Waals surface area contributed by atoms with Crippen LogP contribution < -0.4 is 15.5 Å². The Hall–Kier alpha value is -1.93. The van der Waals surface area contributed by atoms with E-state index < -0.39 is 11.8 Å². The van der Waals surface area contributed by atoms with Gasteiger partial charge in [0.15, 0.2) is 0 Å². The maximum absolute atomic E-state index is 13.1. The van der Waals surface area contributed by atoms with E-state index in [2.05, 4.69) is 32.7 Å². The van der Waals surface area contributed by atoms with E-state index in [1.54, 1.807) is 0 Å². The number of anilines is 3. The molecule has 2 aromatic rings. The zero-order chi connectivity index (χ0) is 17.1. The Morgan fingerprint density at radius 1 is 1.38 bits per heavy atom. The quantitative estimate of drug-likeness (QED) is 0.843. The van der Waals surface area contributed by atoms with Crippen molar-refractivity contribution in [1.29, 1.82) is 0 Å². The molecule has 1 saturated heterocycles. The number of piperidine rings is 1. The van der Waals surface area contributed by atoms with Gasteiger partial charge in [-0.3, -0.25) is 5.32 Å². The lowest BCUT2D eigenvalue weighted by Gasteiger charge is -2.32. The van der Waals surface area contributed by atoms with Gasteiger partial charge in [0.05, 0.1) is 5.02 Å². The second-order valence-electron chi connectivity index (χ2n) is 5.64. The number of carbonyl (C=O) groups is 1. The van der Waals surface area contributed by atoms with E-state index in [9.17, 15) is 9.18 Å². The molecular formula is C15H17ClFN5OS. The minimum atomic E-state index is -0.535. The first-order chi connectivity index (χ1) is 11.5. The van der Waals surface area contributed by atoms with Gasteiger partial charge in [-0.15, -0.1) is 10.2 Å². The molecule has 1 aromatic heterocycles. The van der Waals surface area contributed by atoms with Gasteiger partial charge in [0, 0.05) is 18.3 Å². The topological polar surface area (TPSA) is 70.2 Å². The first-order valence-corrected chi connectivity index (χ1v) is 8.85. The number of benzene rings is 1. The smallest absolute Gasteiger partial charge is 0.325 e. The van der Waals surface area contributed by atoms with E-state index in [-0.39, 0.29) is 5.02 Å². The average molecular weight is 370 g/mol. The molecular weight excluding hydrogens is 353 g/mol. The molecule has 1 atom stereocenters. The summed E-state index contributed by atoms with van der Waals surface area (Å²) in [4.78, 5) is 14.2. The highest BCUT2D eigenvalue weighted by molar-refractivity contribution is 7.19. The summed E-state index contributed by atoms with van der Waals surface area (Å²) in [5, 5.41) is 14.5. The molecule has 0 radical (unpaired) electrons. The fourth-order valence-electron chi connectivity index (χ4n) is 2.60. The number of nitrogens with one attached hydrogen (secondary N) is 2. The molecule has 128 valence electrons. The standard InChI is InChI=1S/C15H17ClFN5OS/c1-9-4-2-3-7-22(9)15-21-20-14(24-15)19-13(23)18-10-5-6-12(17)11(16)8-10/h5-6,8-9H,2-4,7H2,1H3,(H2,18,19,20,23)/t9-/m0/s1. The predicted octanol–water partition coefficient (Wildman–Crippen LogP) is 4.35. The molecule has 1 aliphatic rings. The van der Waals surface area contributed by atoms with Crippen LogP contribution in [0.4, 0.5) is 25.1 Å². The van der Waals surface area contributed by atoms with Crippen LogP contribution in [0.25, 0.3) is 0 Å². The van der Waals surface area contributed by atoms with Gasteiger partial charge in [0.2, 0.25) is 10.3 Å². The summed E-state index contributed by atoms with van der Waals surface area (Å²) in [6.45, 7) is 3.12. The molecule has 0 unspecified atom stereocenters. The monoisotopic (exact) mass is 369 g/mol. The third-order valence-electron chi connectivity index (χ3n) is 3.86. The van der Waals surface area contributed by atoms with Gasteiger partial charge in [-0.05, 0) is 44.4 Å². The number of halogens is 2. The van der Waals surface area contributed by atoms with Gasteiger partial charge in [-0.25, -0.2) is 9.18 Å². The molecule has 0 spiro atoms. The Labute approximate surface area is 148 Å². The summed E-state index contributed by atoms with van der Waals surface area (Å²) in [5.74, 6) is -0.535. The summed E-state index contributed by atoms with van der Waals surface area (Å²) in [5.41, 5.74) is 0.397.